The third-order valence-corrected chi connectivity index (χ3v) is 3.44. The fourth-order valence-electron chi connectivity index (χ4n) is 2.19. The van der Waals surface area contributed by atoms with Crippen molar-refractivity contribution >= 4 is 5.96 Å². The van der Waals surface area contributed by atoms with Gasteiger partial charge in [-0.3, -0.25) is 4.99 Å². The topological polar surface area (TPSA) is 75.3 Å². The van der Waals surface area contributed by atoms with E-state index in [0.717, 1.165) is 19.0 Å². The van der Waals surface area contributed by atoms with E-state index in [1.807, 2.05) is 13.0 Å². The van der Waals surface area contributed by atoms with Crippen molar-refractivity contribution in [2.75, 3.05) is 19.6 Å². The third-order valence-electron chi connectivity index (χ3n) is 3.44. The Kier molecular flexibility index (Phi) is 6.59. The molecule has 0 amide bonds. The number of aryl methyl sites for hydroxylation is 1. The Morgan fingerprint density at radius 1 is 1.26 bits per heavy atom. The Morgan fingerprint density at radius 2 is 2.04 bits per heavy atom. The first-order chi connectivity index (χ1) is 11.2. The number of aromatic nitrogens is 2. The number of nitrogens with zero attached hydrogens (tertiary/aromatic N) is 3. The number of rotatable bonds is 7. The van der Waals surface area contributed by atoms with Gasteiger partial charge in [0.05, 0.1) is 0 Å². The summed E-state index contributed by atoms with van der Waals surface area (Å²) in [4.78, 5) is 8.84. The number of hydrogen-bond acceptors (Lipinski definition) is 4. The number of benzene rings is 1. The molecule has 6 heteroatoms. The first kappa shape index (κ1) is 17.0. The van der Waals surface area contributed by atoms with Crippen LogP contribution in [0, 0.1) is 6.92 Å². The van der Waals surface area contributed by atoms with E-state index in [1.165, 1.54) is 5.56 Å². The molecule has 6 nitrogen and oxygen atoms in total. The molecule has 0 aliphatic carbocycles. The monoisotopic (exact) mass is 315 g/mol. The predicted molar refractivity (Wildman–Crippen MR) is 91.6 cm³/mol. The van der Waals surface area contributed by atoms with Crippen molar-refractivity contribution in [1.82, 2.24) is 20.8 Å². The van der Waals surface area contributed by atoms with Crippen LogP contribution in [0.4, 0.5) is 0 Å². The summed E-state index contributed by atoms with van der Waals surface area (Å²) < 4.78 is 5.10. The minimum absolute atomic E-state index is 0.380. The molecule has 1 unspecified atom stereocenters. The van der Waals surface area contributed by atoms with E-state index in [-0.39, 0.29) is 0 Å². The van der Waals surface area contributed by atoms with Gasteiger partial charge in [-0.15, -0.1) is 0 Å². The molecular weight excluding hydrogens is 290 g/mol. The molecular formula is C17H25N5O. The summed E-state index contributed by atoms with van der Waals surface area (Å²) in [6, 6.07) is 10.4. The minimum atomic E-state index is 0.380. The van der Waals surface area contributed by atoms with Gasteiger partial charge in [0.1, 0.15) is 0 Å². The van der Waals surface area contributed by atoms with Crippen molar-refractivity contribution in [2.45, 2.75) is 33.1 Å². The van der Waals surface area contributed by atoms with Gasteiger partial charge in [-0.05, 0) is 19.4 Å². The molecule has 0 saturated heterocycles. The first-order valence-corrected chi connectivity index (χ1v) is 8.05. The molecule has 0 fully saturated rings. The van der Waals surface area contributed by atoms with E-state index in [9.17, 15) is 0 Å². The highest BCUT2D eigenvalue weighted by molar-refractivity contribution is 5.79. The Hall–Kier alpha value is -2.37. The number of aliphatic imine (C=N–C) groups is 1. The zero-order valence-corrected chi connectivity index (χ0v) is 14.0. The van der Waals surface area contributed by atoms with Crippen LogP contribution in [0.1, 0.15) is 37.0 Å². The first-order valence-electron chi connectivity index (χ1n) is 8.05. The molecule has 2 rings (SSSR count). The largest absolute Gasteiger partial charge is 0.357 e. The molecule has 0 saturated carbocycles. The predicted octanol–water partition coefficient (Wildman–Crippen LogP) is 2.28. The Morgan fingerprint density at radius 3 is 2.70 bits per heavy atom. The van der Waals surface area contributed by atoms with Crippen LogP contribution in [0.5, 0.6) is 0 Å². The van der Waals surface area contributed by atoms with Gasteiger partial charge < -0.3 is 15.2 Å². The van der Waals surface area contributed by atoms with Gasteiger partial charge in [-0.25, -0.2) is 0 Å². The van der Waals surface area contributed by atoms with Crippen molar-refractivity contribution in [3.63, 3.8) is 0 Å². The molecule has 1 atom stereocenters. The molecule has 23 heavy (non-hydrogen) atoms. The van der Waals surface area contributed by atoms with Crippen LogP contribution < -0.4 is 10.6 Å². The average molecular weight is 315 g/mol. The quantitative estimate of drug-likeness (QED) is 0.605. The van der Waals surface area contributed by atoms with Crippen LogP contribution >= 0.6 is 0 Å². The molecule has 1 aromatic carbocycles. The van der Waals surface area contributed by atoms with Crippen molar-refractivity contribution in [2.24, 2.45) is 4.99 Å². The molecule has 0 spiro atoms. The summed E-state index contributed by atoms with van der Waals surface area (Å²) in [5, 5.41) is 10.3. The SMILES string of the molecule is CCNC(=NCC(C)c1ccccc1)NCCc1nc(C)no1. The maximum Gasteiger partial charge on any atom is 0.228 e. The molecule has 2 aromatic rings. The van der Waals surface area contributed by atoms with Crippen LogP contribution in [0.3, 0.4) is 0 Å². The smallest absolute Gasteiger partial charge is 0.228 e. The van der Waals surface area contributed by atoms with E-state index in [1.54, 1.807) is 0 Å². The van der Waals surface area contributed by atoms with Crippen molar-refractivity contribution < 1.29 is 4.52 Å². The molecule has 0 bridgehead atoms. The van der Waals surface area contributed by atoms with Crippen LogP contribution in [-0.2, 0) is 6.42 Å². The summed E-state index contributed by atoms with van der Waals surface area (Å²) in [5.41, 5.74) is 1.30. The van der Waals surface area contributed by atoms with E-state index >= 15 is 0 Å². The molecule has 0 radical (unpaired) electrons. The second-order valence-corrected chi connectivity index (χ2v) is 5.44. The lowest BCUT2D eigenvalue weighted by Gasteiger charge is -2.13. The van der Waals surface area contributed by atoms with Crippen LogP contribution in [-0.4, -0.2) is 35.7 Å². The van der Waals surface area contributed by atoms with Crippen molar-refractivity contribution in [3.8, 4) is 0 Å². The van der Waals surface area contributed by atoms with E-state index in [0.29, 0.717) is 30.6 Å². The fraction of sp³-hybridized carbons (Fsp3) is 0.471. The van der Waals surface area contributed by atoms with Crippen molar-refractivity contribution in [3.05, 3.63) is 47.6 Å². The highest BCUT2D eigenvalue weighted by atomic mass is 16.5. The molecule has 0 aliphatic rings. The molecule has 1 heterocycles. The lowest BCUT2D eigenvalue weighted by Crippen LogP contribution is -2.38. The average Bonchev–Trinajstić information content (AvgIpc) is 2.98. The van der Waals surface area contributed by atoms with Gasteiger partial charge in [0.15, 0.2) is 11.8 Å². The summed E-state index contributed by atoms with van der Waals surface area (Å²) >= 11 is 0. The van der Waals surface area contributed by atoms with E-state index < -0.39 is 0 Å². The van der Waals surface area contributed by atoms with E-state index in [4.69, 9.17) is 4.52 Å². The summed E-state index contributed by atoms with van der Waals surface area (Å²) in [5.74, 6) is 2.50. The fourth-order valence-corrected chi connectivity index (χ4v) is 2.19. The van der Waals surface area contributed by atoms with Gasteiger partial charge in [-0.1, -0.05) is 42.4 Å². The Balaban J connectivity index is 1.84. The maximum atomic E-state index is 5.10. The second kappa shape index (κ2) is 8.92. The highest BCUT2D eigenvalue weighted by Crippen LogP contribution is 2.14. The van der Waals surface area contributed by atoms with Gasteiger partial charge in [0, 0.05) is 32.0 Å². The van der Waals surface area contributed by atoms with Crippen LogP contribution in [0.2, 0.25) is 0 Å². The van der Waals surface area contributed by atoms with Gasteiger partial charge >= 0.3 is 0 Å². The minimum Gasteiger partial charge on any atom is -0.357 e. The maximum absolute atomic E-state index is 5.10. The normalized spacial score (nSPS) is 12.9. The molecule has 2 N–H and O–H groups in total. The zero-order chi connectivity index (χ0) is 16.5. The lowest BCUT2D eigenvalue weighted by atomic mass is 10.0. The van der Waals surface area contributed by atoms with E-state index in [2.05, 4.69) is 63.9 Å². The van der Waals surface area contributed by atoms with Gasteiger partial charge in [-0.2, -0.15) is 4.98 Å². The zero-order valence-electron chi connectivity index (χ0n) is 14.0. The standard InChI is InChI=1S/C17H25N5O/c1-4-18-17(19-11-10-16-21-14(3)22-23-16)20-12-13(2)15-8-6-5-7-9-15/h5-9,13H,4,10-12H2,1-3H3,(H2,18,19,20). The molecule has 1 aromatic heterocycles. The number of guanidine groups is 1. The molecule has 124 valence electrons. The van der Waals surface area contributed by atoms with Crippen LogP contribution in [0.15, 0.2) is 39.8 Å². The summed E-state index contributed by atoms with van der Waals surface area (Å²) in [6.45, 7) is 8.32. The van der Waals surface area contributed by atoms with Crippen molar-refractivity contribution in [1.29, 1.82) is 0 Å². The van der Waals surface area contributed by atoms with Gasteiger partial charge in [0.25, 0.3) is 0 Å². The lowest BCUT2D eigenvalue weighted by molar-refractivity contribution is 0.374. The van der Waals surface area contributed by atoms with Gasteiger partial charge in [0.2, 0.25) is 5.89 Å². The Labute approximate surface area is 137 Å². The number of nitrogens with one attached hydrogen (secondary N) is 2. The summed E-state index contributed by atoms with van der Waals surface area (Å²) in [7, 11) is 0. The second-order valence-electron chi connectivity index (χ2n) is 5.44. The Bertz CT molecular complexity index is 608. The molecule has 0 aliphatic heterocycles. The highest BCUT2D eigenvalue weighted by Gasteiger charge is 2.06. The summed E-state index contributed by atoms with van der Waals surface area (Å²) in [6.07, 6.45) is 0.680. The van der Waals surface area contributed by atoms with Crippen LogP contribution in [0.25, 0.3) is 0 Å². The third kappa shape index (κ3) is 5.73. The number of hydrogen-bond donors (Lipinski definition) is 2.